The predicted molar refractivity (Wildman–Crippen MR) is 51.9 cm³/mol. The SMILES string of the molecule is Clc1cc(Cl)cc(Oc2nc[c]o2)c1. The van der Waals surface area contributed by atoms with E-state index in [1.807, 2.05) is 0 Å². The van der Waals surface area contributed by atoms with Crippen LogP contribution in [0, 0.1) is 6.26 Å². The second-order valence-corrected chi connectivity index (χ2v) is 3.32. The Morgan fingerprint density at radius 3 is 2.50 bits per heavy atom. The van der Waals surface area contributed by atoms with Crippen LogP contribution in [0.25, 0.3) is 0 Å². The zero-order chi connectivity index (χ0) is 9.97. The molecule has 5 heteroatoms. The van der Waals surface area contributed by atoms with E-state index in [0.717, 1.165) is 0 Å². The first kappa shape index (κ1) is 9.37. The highest BCUT2D eigenvalue weighted by Gasteiger charge is 2.03. The van der Waals surface area contributed by atoms with Gasteiger partial charge >= 0.3 is 6.08 Å². The molecule has 0 aliphatic carbocycles. The number of halogens is 2. The van der Waals surface area contributed by atoms with Crippen LogP contribution >= 0.6 is 23.2 Å². The summed E-state index contributed by atoms with van der Waals surface area (Å²) in [6.45, 7) is 0. The second-order valence-electron chi connectivity index (χ2n) is 2.45. The molecule has 71 valence electrons. The van der Waals surface area contributed by atoms with Crippen molar-refractivity contribution in [3.63, 3.8) is 0 Å². The summed E-state index contributed by atoms with van der Waals surface area (Å²) in [4.78, 5) is 3.74. The van der Waals surface area contributed by atoms with E-state index in [4.69, 9.17) is 32.4 Å². The van der Waals surface area contributed by atoms with Gasteiger partial charge in [-0.2, -0.15) is 4.98 Å². The van der Waals surface area contributed by atoms with Gasteiger partial charge in [-0.05, 0) is 18.2 Å². The van der Waals surface area contributed by atoms with Gasteiger partial charge in [0.25, 0.3) is 0 Å². The summed E-state index contributed by atoms with van der Waals surface area (Å²) in [6, 6.07) is 4.83. The monoisotopic (exact) mass is 228 g/mol. The van der Waals surface area contributed by atoms with Gasteiger partial charge in [0.1, 0.15) is 5.75 Å². The fraction of sp³-hybridized carbons (Fsp3) is 0. The summed E-state index contributed by atoms with van der Waals surface area (Å²) in [7, 11) is 0. The maximum atomic E-state index is 5.77. The summed E-state index contributed by atoms with van der Waals surface area (Å²) in [6.07, 6.45) is 3.87. The lowest BCUT2D eigenvalue weighted by molar-refractivity contribution is 0.328. The first-order valence-electron chi connectivity index (χ1n) is 3.70. The Hall–Kier alpha value is -1.19. The highest BCUT2D eigenvalue weighted by molar-refractivity contribution is 6.34. The summed E-state index contributed by atoms with van der Waals surface area (Å²) in [5.41, 5.74) is 0. The van der Waals surface area contributed by atoms with Gasteiger partial charge in [0.2, 0.25) is 0 Å². The number of rotatable bonds is 2. The second kappa shape index (κ2) is 3.90. The lowest BCUT2D eigenvalue weighted by Gasteiger charge is -2.01. The van der Waals surface area contributed by atoms with Crippen molar-refractivity contribution in [1.29, 1.82) is 0 Å². The Morgan fingerprint density at radius 2 is 1.93 bits per heavy atom. The first-order chi connectivity index (χ1) is 6.74. The largest absolute Gasteiger partial charge is 0.411 e. The van der Waals surface area contributed by atoms with Crippen LogP contribution in [0.5, 0.6) is 11.8 Å². The number of benzene rings is 1. The van der Waals surface area contributed by atoms with Crippen molar-refractivity contribution in [3.05, 3.63) is 40.7 Å². The Labute approximate surface area is 90.2 Å². The van der Waals surface area contributed by atoms with Gasteiger partial charge in [-0.15, -0.1) is 0 Å². The normalized spacial score (nSPS) is 10.1. The molecular weight excluding hydrogens is 225 g/mol. The molecule has 0 bridgehead atoms. The highest BCUT2D eigenvalue weighted by Crippen LogP contribution is 2.27. The molecule has 0 N–H and O–H groups in total. The van der Waals surface area contributed by atoms with E-state index in [0.29, 0.717) is 15.8 Å². The van der Waals surface area contributed by atoms with Gasteiger partial charge in [0, 0.05) is 10.0 Å². The van der Waals surface area contributed by atoms with Gasteiger partial charge in [-0.3, -0.25) is 0 Å². The van der Waals surface area contributed by atoms with Crippen molar-refractivity contribution in [1.82, 2.24) is 4.98 Å². The standard InChI is InChI=1S/C9H4Cl2NO2/c10-6-3-7(11)5-8(4-6)14-9-12-1-2-13-9/h1,3-5H. The molecule has 1 radical (unpaired) electrons. The number of oxazole rings is 1. The van der Waals surface area contributed by atoms with Crippen LogP contribution in [0.15, 0.2) is 28.8 Å². The molecule has 0 spiro atoms. The minimum Gasteiger partial charge on any atom is -0.411 e. The van der Waals surface area contributed by atoms with Crippen LogP contribution in [0.4, 0.5) is 0 Å². The summed E-state index contributed by atoms with van der Waals surface area (Å²) in [5, 5.41) is 0.978. The lowest BCUT2D eigenvalue weighted by Crippen LogP contribution is -1.83. The minimum atomic E-state index is 0.100. The van der Waals surface area contributed by atoms with Crippen molar-refractivity contribution < 1.29 is 9.15 Å². The minimum absolute atomic E-state index is 0.100. The maximum absolute atomic E-state index is 5.77. The molecule has 2 rings (SSSR count). The Kier molecular flexibility index (Phi) is 2.61. The van der Waals surface area contributed by atoms with Crippen molar-refractivity contribution in [2.45, 2.75) is 0 Å². The number of aromatic nitrogens is 1. The van der Waals surface area contributed by atoms with Crippen LogP contribution in [0.1, 0.15) is 0 Å². The molecule has 0 saturated heterocycles. The molecule has 14 heavy (non-hydrogen) atoms. The summed E-state index contributed by atoms with van der Waals surface area (Å²) < 4.78 is 9.97. The number of nitrogens with zero attached hydrogens (tertiary/aromatic N) is 1. The van der Waals surface area contributed by atoms with Crippen molar-refractivity contribution >= 4 is 23.2 Å². The molecule has 1 aromatic heterocycles. The van der Waals surface area contributed by atoms with Crippen LogP contribution in [-0.2, 0) is 0 Å². The van der Waals surface area contributed by atoms with E-state index in [2.05, 4.69) is 11.2 Å². The van der Waals surface area contributed by atoms with Crippen molar-refractivity contribution in [2.24, 2.45) is 0 Å². The average Bonchev–Trinajstić information content (AvgIpc) is 2.54. The highest BCUT2D eigenvalue weighted by atomic mass is 35.5. The molecular formula is C9H4Cl2NO2. The zero-order valence-electron chi connectivity index (χ0n) is 6.83. The summed E-state index contributed by atoms with van der Waals surface area (Å²) >= 11 is 11.5. The lowest BCUT2D eigenvalue weighted by atomic mass is 10.3. The maximum Gasteiger partial charge on any atom is 0.399 e. The van der Waals surface area contributed by atoms with E-state index in [9.17, 15) is 0 Å². The van der Waals surface area contributed by atoms with Gasteiger partial charge in [-0.1, -0.05) is 23.2 Å². The fourth-order valence-electron chi connectivity index (χ4n) is 0.918. The molecule has 0 fully saturated rings. The molecule has 1 heterocycles. The van der Waals surface area contributed by atoms with Gasteiger partial charge in [0.15, 0.2) is 6.26 Å². The molecule has 0 aliphatic heterocycles. The average molecular weight is 229 g/mol. The molecule has 0 atom stereocenters. The predicted octanol–water partition coefficient (Wildman–Crippen LogP) is 3.57. The number of hydrogen-bond acceptors (Lipinski definition) is 3. The molecule has 0 unspecified atom stereocenters. The van der Waals surface area contributed by atoms with E-state index >= 15 is 0 Å². The third-order valence-corrected chi connectivity index (χ3v) is 1.85. The third kappa shape index (κ3) is 2.19. The molecule has 0 amide bonds. The van der Waals surface area contributed by atoms with Gasteiger partial charge in [-0.25, -0.2) is 0 Å². The van der Waals surface area contributed by atoms with Crippen LogP contribution in [-0.4, -0.2) is 4.98 Å². The van der Waals surface area contributed by atoms with Crippen LogP contribution < -0.4 is 4.74 Å². The van der Waals surface area contributed by atoms with E-state index in [-0.39, 0.29) is 6.08 Å². The molecule has 0 aliphatic rings. The van der Waals surface area contributed by atoms with Crippen LogP contribution in [0.3, 0.4) is 0 Å². The molecule has 0 saturated carbocycles. The van der Waals surface area contributed by atoms with Gasteiger partial charge in [0.05, 0.1) is 6.20 Å². The van der Waals surface area contributed by atoms with E-state index < -0.39 is 0 Å². The fourth-order valence-corrected chi connectivity index (χ4v) is 1.42. The third-order valence-electron chi connectivity index (χ3n) is 1.41. The first-order valence-corrected chi connectivity index (χ1v) is 4.45. The quantitative estimate of drug-likeness (QED) is 0.789. The topological polar surface area (TPSA) is 35.3 Å². The van der Waals surface area contributed by atoms with E-state index in [1.54, 1.807) is 18.2 Å². The molecule has 1 aromatic carbocycles. The Balaban J connectivity index is 2.25. The molecule has 2 aromatic rings. The van der Waals surface area contributed by atoms with Crippen molar-refractivity contribution in [2.75, 3.05) is 0 Å². The molecule has 3 nitrogen and oxygen atoms in total. The smallest absolute Gasteiger partial charge is 0.399 e. The van der Waals surface area contributed by atoms with Crippen LogP contribution in [0.2, 0.25) is 10.0 Å². The van der Waals surface area contributed by atoms with Crippen molar-refractivity contribution in [3.8, 4) is 11.8 Å². The Bertz CT molecular complexity index is 408. The zero-order valence-corrected chi connectivity index (χ0v) is 8.34. The Morgan fingerprint density at radius 1 is 1.21 bits per heavy atom. The summed E-state index contributed by atoms with van der Waals surface area (Å²) in [5.74, 6) is 0.471. The van der Waals surface area contributed by atoms with Gasteiger partial charge < -0.3 is 9.15 Å². The number of ether oxygens (including phenoxy) is 1. The van der Waals surface area contributed by atoms with E-state index in [1.165, 1.54) is 6.20 Å². The number of hydrogen-bond donors (Lipinski definition) is 0.